The molecule has 1 aromatic heterocycles. The van der Waals surface area contributed by atoms with Gasteiger partial charge in [-0.05, 0) is 5.41 Å². The van der Waals surface area contributed by atoms with E-state index in [4.69, 9.17) is 5.73 Å². The highest BCUT2D eigenvalue weighted by atomic mass is 15.1. The van der Waals surface area contributed by atoms with E-state index in [1.165, 1.54) is 0 Å². The van der Waals surface area contributed by atoms with E-state index in [0.29, 0.717) is 5.82 Å². The Balaban J connectivity index is 3.05. The molecule has 0 aliphatic carbocycles. The van der Waals surface area contributed by atoms with Crippen LogP contribution in [0.4, 0.5) is 5.82 Å². The minimum atomic E-state index is 0.0943. The molecule has 0 aromatic carbocycles. The SMILES string of the molecule is CC(C)(C)c1cn[nH]c1N. The lowest BCUT2D eigenvalue weighted by Gasteiger charge is -2.16. The maximum atomic E-state index is 5.61. The second-order valence-corrected chi connectivity index (χ2v) is 3.45. The lowest BCUT2D eigenvalue weighted by molar-refractivity contribution is 0.593. The van der Waals surface area contributed by atoms with Crippen LogP contribution in [0, 0.1) is 0 Å². The van der Waals surface area contributed by atoms with E-state index in [9.17, 15) is 0 Å². The number of aromatic amines is 1. The number of nitrogens with two attached hydrogens (primary N) is 1. The highest BCUT2D eigenvalue weighted by Crippen LogP contribution is 2.24. The molecule has 0 aliphatic rings. The van der Waals surface area contributed by atoms with Gasteiger partial charge in [0, 0.05) is 5.56 Å². The first-order chi connectivity index (χ1) is 4.52. The Kier molecular flexibility index (Phi) is 1.43. The van der Waals surface area contributed by atoms with Crippen LogP contribution in [-0.4, -0.2) is 10.2 Å². The van der Waals surface area contributed by atoms with Crippen LogP contribution < -0.4 is 5.73 Å². The highest BCUT2D eigenvalue weighted by Gasteiger charge is 2.17. The van der Waals surface area contributed by atoms with E-state index >= 15 is 0 Å². The number of nitrogens with one attached hydrogen (secondary N) is 1. The monoisotopic (exact) mass is 139 g/mol. The third-order valence-corrected chi connectivity index (χ3v) is 1.48. The zero-order valence-corrected chi connectivity index (χ0v) is 6.60. The van der Waals surface area contributed by atoms with E-state index in [1.54, 1.807) is 6.20 Å². The Morgan fingerprint density at radius 1 is 1.50 bits per heavy atom. The molecular weight excluding hydrogens is 126 g/mol. The molecule has 1 heterocycles. The first-order valence-electron chi connectivity index (χ1n) is 3.31. The molecule has 1 aromatic rings. The van der Waals surface area contributed by atoms with Crippen LogP contribution in [0.2, 0.25) is 0 Å². The first-order valence-corrected chi connectivity index (χ1v) is 3.31. The third-order valence-electron chi connectivity index (χ3n) is 1.48. The van der Waals surface area contributed by atoms with Gasteiger partial charge in [0.1, 0.15) is 5.82 Å². The predicted molar refractivity (Wildman–Crippen MR) is 41.7 cm³/mol. The summed E-state index contributed by atoms with van der Waals surface area (Å²) in [6.45, 7) is 6.32. The molecule has 56 valence electrons. The molecule has 0 aliphatic heterocycles. The Morgan fingerprint density at radius 2 is 2.10 bits per heavy atom. The molecule has 3 heteroatoms. The van der Waals surface area contributed by atoms with E-state index < -0.39 is 0 Å². The van der Waals surface area contributed by atoms with Gasteiger partial charge in [0.15, 0.2) is 0 Å². The molecule has 1 rings (SSSR count). The van der Waals surface area contributed by atoms with Crippen LogP contribution in [0.3, 0.4) is 0 Å². The van der Waals surface area contributed by atoms with Crippen molar-refractivity contribution in [3.05, 3.63) is 11.8 Å². The van der Waals surface area contributed by atoms with Gasteiger partial charge < -0.3 is 5.73 Å². The van der Waals surface area contributed by atoms with E-state index in [-0.39, 0.29) is 5.41 Å². The largest absolute Gasteiger partial charge is 0.384 e. The van der Waals surface area contributed by atoms with Crippen molar-refractivity contribution < 1.29 is 0 Å². The lowest BCUT2D eigenvalue weighted by atomic mass is 9.89. The summed E-state index contributed by atoms with van der Waals surface area (Å²) in [7, 11) is 0. The van der Waals surface area contributed by atoms with Gasteiger partial charge >= 0.3 is 0 Å². The number of hydrogen-bond acceptors (Lipinski definition) is 2. The zero-order chi connectivity index (χ0) is 7.78. The fourth-order valence-electron chi connectivity index (χ4n) is 0.894. The van der Waals surface area contributed by atoms with Crippen LogP contribution in [-0.2, 0) is 5.41 Å². The second kappa shape index (κ2) is 2.01. The van der Waals surface area contributed by atoms with E-state index in [1.807, 2.05) is 0 Å². The number of rotatable bonds is 0. The van der Waals surface area contributed by atoms with E-state index in [2.05, 4.69) is 31.0 Å². The molecular formula is C7H13N3. The van der Waals surface area contributed by atoms with Gasteiger partial charge in [0.25, 0.3) is 0 Å². The maximum absolute atomic E-state index is 5.61. The van der Waals surface area contributed by atoms with Gasteiger partial charge in [-0.2, -0.15) is 5.10 Å². The molecule has 0 amide bonds. The molecule has 0 atom stereocenters. The summed E-state index contributed by atoms with van der Waals surface area (Å²) in [4.78, 5) is 0. The second-order valence-electron chi connectivity index (χ2n) is 3.45. The molecule has 3 N–H and O–H groups in total. The number of hydrogen-bond donors (Lipinski definition) is 2. The molecule has 0 saturated carbocycles. The smallest absolute Gasteiger partial charge is 0.122 e. The van der Waals surface area contributed by atoms with Crippen molar-refractivity contribution in [3.63, 3.8) is 0 Å². The van der Waals surface area contributed by atoms with Crippen LogP contribution in [0.25, 0.3) is 0 Å². The average molecular weight is 139 g/mol. The van der Waals surface area contributed by atoms with Gasteiger partial charge in [0.05, 0.1) is 6.20 Å². The minimum absolute atomic E-state index is 0.0943. The van der Waals surface area contributed by atoms with Gasteiger partial charge in [0.2, 0.25) is 0 Å². The standard InChI is InChI=1S/C7H13N3/c1-7(2,3)5-4-9-10-6(5)8/h4H,1-3H3,(H3,8,9,10). The summed E-state index contributed by atoms with van der Waals surface area (Å²) in [5.41, 5.74) is 6.78. The van der Waals surface area contributed by atoms with Gasteiger partial charge in [-0.15, -0.1) is 0 Å². The molecule has 0 fully saturated rings. The van der Waals surface area contributed by atoms with Gasteiger partial charge in [-0.3, -0.25) is 5.10 Å². The van der Waals surface area contributed by atoms with Crippen molar-refractivity contribution in [3.8, 4) is 0 Å². The molecule has 0 unspecified atom stereocenters. The third kappa shape index (κ3) is 1.12. The van der Waals surface area contributed by atoms with Crippen molar-refractivity contribution in [2.24, 2.45) is 0 Å². The molecule has 0 bridgehead atoms. The molecule has 3 nitrogen and oxygen atoms in total. The number of nitrogen functional groups attached to an aromatic ring is 1. The average Bonchev–Trinajstić information content (AvgIpc) is 2.11. The fraction of sp³-hybridized carbons (Fsp3) is 0.571. The normalized spacial score (nSPS) is 11.9. The number of H-pyrrole nitrogens is 1. The summed E-state index contributed by atoms with van der Waals surface area (Å²) in [6, 6.07) is 0. The Bertz CT molecular complexity index is 219. The maximum Gasteiger partial charge on any atom is 0.122 e. The Morgan fingerprint density at radius 3 is 2.30 bits per heavy atom. The Hall–Kier alpha value is -0.990. The van der Waals surface area contributed by atoms with E-state index in [0.717, 1.165) is 5.56 Å². The van der Waals surface area contributed by atoms with Crippen molar-refractivity contribution in [2.75, 3.05) is 5.73 Å². The van der Waals surface area contributed by atoms with Crippen molar-refractivity contribution in [1.29, 1.82) is 0 Å². The van der Waals surface area contributed by atoms with Gasteiger partial charge in [-0.25, -0.2) is 0 Å². The minimum Gasteiger partial charge on any atom is -0.384 e. The quantitative estimate of drug-likeness (QED) is 0.569. The molecule has 10 heavy (non-hydrogen) atoms. The summed E-state index contributed by atoms with van der Waals surface area (Å²) < 4.78 is 0. The number of anilines is 1. The number of aromatic nitrogens is 2. The summed E-state index contributed by atoms with van der Waals surface area (Å²) in [5.74, 6) is 0.674. The lowest BCUT2D eigenvalue weighted by Crippen LogP contribution is -2.12. The number of nitrogens with zero attached hydrogens (tertiary/aromatic N) is 1. The van der Waals surface area contributed by atoms with Crippen LogP contribution in [0.5, 0.6) is 0 Å². The summed E-state index contributed by atoms with van der Waals surface area (Å²) >= 11 is 0. The van der Waals surface area contributed by atoms with Crippen LogP contribution in [0.15, 0.2) is 6.20 Å². The van der Waals surface area contributed by atoms with Crippen molar-refractivity contribution in [2.45, 2.75) is 26.2 Å². The van der Waals surface area contributed by atoms with Crippen molar-refractivity contribution >= 4 is 5.82 Å². The Labute approximate surface area is 60.6 Å². The zero-order valence-electron chi connectivity index (χ0n) is 6.60. The fourth-order valence-corrected chi connectivity index (χ4v) is 0.894. The van der Waals surface area contributed by atoms with Crippen LogP contribution in [0.1, 0.15) is 26.3 Å². The molecule has 0 spiro atoms. The van der Waals surface area contributed by atoms with Crippen molar-refractivity contribution in [1.82, 2.24) is 10.2 Å². The predicted octanol–water partition coefficient (Wildman–Crippen LogP) is 1.29. The first kappa shape index (κ1) is 7.12. The van der Waals surface area contributed by atoms with Gasteiger partial charge in [-0.1, -0.05) is 20.8 Å². The molecule has 0 radical (unpaired) electrons. The van der Waals surface area contributed by atoms with Crippen LogP contribution >= 0.6 is 0 Å². The topological polar surface area (TPSA) is 54.7 Å². The summed E-state index contributed by atoms with van der Waals surface area (Å²) in [5, 5.41) is 6.54. The molecule has 0 saturated heterocycles. The summed E-state index contributed by atoms with van der Waals surface area (Å²) in [6.07, 6.45) is 1.77. The highest BCUT2D eigenvalue weighted by molar-refractivity contribution is 5.41.